The van der Waals surface area contributed by atoms with E-state index in [4.69, 9.17) is 0 Å². The lowest BCUT2D eigenvalue weighted by atomic mass is 10.1. The number of nitrogens with one attached hydrogen (secondary N) is 1. The van der Waals surface area contributed by atoms with Crippen molar-refractivity contribution in [1.29, 1.82) is 0 Å². The van der Waals surface area contributed by atoms with E-state index in [-0.39, 0.29) is 5.56 Å². The van der Waals surface area contributed by atoms with Gasteiger partial charge in [0.1, 0.15) is 5.82 Å². The van der Waals surface area contributed by atoms with E-state index in [0.29, 0.717) is 18.7 Å². The van der Waals surface area contributed by atoms with Gasteiger partial charge in [0.25, 0.3) is 0 Å². The quantitative estimate of drug-likeness (QED) is 0.815. The van der Waals surface area contributed by atoms with Gasteiger partial charge < -0.3 is 5.32 Å². The van der Waals surface area contributed by atoms with Crippen molar-refractivity contribution >= 4 is 0 Å². The molecular formula is C13H17F3N2. The fraction of sp³-hybridized carbons (Fsp3) is 0.538. The summed E-state index contributed by atoms with van der Waals surface area (Å²) in [6, 6.07) is 1.94. The van der Waals surface area contributed by atoms with Gasteiger partial charge >= 0.3 is 0 Å². The summed E-state index contributed by atoms with van der Waals surface area (Å²) < 4.78 is 39.5. The van der Waals surface area contributed by atoms with Gasteiger partial charge in [0.15, 0.2) is 11.6 Å². The molecule has 1 heterocycles. The van der Waals surface area contributed by atoms with E-state index in [0.717, 1.165) is 32.1 Å². The summed E-state index contributed by atoms with van der Waals surface area (Å²) in [4.78, 5) is 2.10. The first-order chi connectivity index (χ1) is 8.61. The first-order valence-corrected chi connectivity index (χ1v) is 6.20. The van der Waals surface area contributed by atoms with Crippen molar-refractivity contribution in [2.24, 2.45) is 0 Å². The maximum atomic E-state index is 13.6. The third kappa shape index (κ3) is 2.84. The predicted molar refractivity (Wildman–Crippen MR) is 63.7 cm³/mol. The largest absolute Gasteiger partial charge is 0.314 e. The van der Waals surface area contributed by atoms with Crippen molar-refractivity contribution < 1.29 is 13.2 Å². The minimum absolute atomic E-state index is 0.217. The van der Waals surface area contributed by atoms with Crippen molar-refractivity contribution in [1.82, 2.24) is 10.2 Å². The van der Waals surface area contributed by atoms with E-state index in [1.165, 1.54) is 0 Å². The second kappa shape index (κ2) is 5.71. The Morgan fingerprint density at radius 2 is 1.83 bits per heavy atom. The molecular weight excluding hydrogens is 241 g/mol. The van der Waals surface area contributed by atoms with Gasteiger partial charge in [-0.05, 0) is 19.0 Å². The first kappa shape index (κ1) is 13.4. The molecule has 18 heavy (non-hydrogen) atoms. The summed E-state index contributed by atoms with van der Waals surface area (Å²) >= 11 is 0. The summed E-state index contributed by atoms with van der Waals surface area (Å²) in [6.07, 6.45) is 0.946. The molecule has 1 aliphatic heterocycles. The van der Waals surface area contributed by atoms with E-state index in [1.54, 1.807) is 0 Å². The highest BCUT2D eigenvalue weighted by Crippen LogP contribution is 2.18. The Labute approximate surface area is 105 Å². The summed E-state index contributed by atoms with van der Waals surface area (Å²) in [5, 5.41) is 3.15. The second-order valence-corrected chi connectivity index (χ2v) is 4.64. The molecule has 1 aromatic rings. The molecule has 0 atom stereocenters. The SMILES string of the molecule is CCCN(Cc1cc(F)c(F)cc1F)C1CNC1. The van der Waals surface area contributed by atoms with Crippen LogP contribution in [0.3, 0.4) is 0 Å². The van der Waals surface area contributed by atoms with Crippen LogP contribution in [-0.4, -0.2) is 30.6 Å². The van der Waals surface area contributed by atoms with Gasteiger partial charge in [0.2, 0.25) is 0 Å². The first-order valence-electron chi connectivity index (χ1n) is 6.20. The Hall–Kier alpha value is -1.07. The van der Waals surface area contributed by atoms with Crippen LogP contribution in [0, 0.1) is 17.5 Å². The van der Waals surface area contributed by atoms with Crippen LogP contribution in [0.15, 0.2) is 12.1 Å². The topological polar surface area (TPSA) is 15.3 Å². The molecule has 0 unspecified atom stereocenters. The standard InChI is InChI=1S/C13H17F3N2/c1-2-3-18(10-6-17-7-10)8-9-4-12(15)13(16)5-11(9)14/h4-5,10,17H,2-3,6-8H2,1H3. The van der Waals surface area contributed by atoms with Crippen LogP contribution in [0.25, 0.3) is 0 Å². The minimum Gasteiger partial charge on any atom is -0.314 e. The normalized spacial score (nSPS) is 16.1. The van der Waals surface area contributed by atoms with Gasteiger partial charge in [-0.2, -0.15) is 0 Å². The van der Waals surface area contributed by atoms with Crippen LogP contribution in [0.1, 0.15) is 18.9 Å². The lowest BCUT2D eigenvalue weighted by Gasteiger charge is -2.38. The molecule has 2 nitrogen and oxygen atoms in total. The summed E-state index contributed by atoms with van der Waals surface area (Å²) in [6.45, 7) is 4.92. The number of hydrogen-bond acceptors (Lipinski definition) is 2. The highest BCUT2D eigenvalue weighted by atomic mass is 19.2. The Balaban J connectivity index is 2.12. The van der Waals surface area contributed by atoms with Crippen molar-refractivity contribution in [2.75, 3.05) is 19.6 Å². The average molecular weight is 258 g/mol. The maximum absolute atomic E-state index is 13.6. The van der Waals surface area contributed by atoms with Crippen LogP contribution in [0.5, 0.6) is 0 Å². The molecule has 1 aromatic carbocycles. The lowest BCUT2D eigenvalue weighted by Crippen LogP contribution is -2.57. The molecule has 0 bridgehead atoms. The Kier molecular flexibility index (Phi) is 4.24. The van der Waals surface area contributed by atoms with Crippen molar-refractivity contribution in [2.45, 2.75) is 25.9 Å². The molecule has 0 aromatic heterocycles. The zero-order chi connectivity index (χ0) is 13.1. The zero-order valence-corrected chi connectivity index (χ0v) is 10.3. The van der Waals surface area contributed by atoms with Gasteiger partial charge in [0.05, 0.1) is 0 Å². The van der Waals surface area contributed by atoms with Gasteiger partial charge in [-0.3, -0.25) is 4.90 Å². The fourth-order valence-corrected chi connectivity index (χ4v) is 2.11. The number of hydrogen-bond donors (Lipinski definition) is 1. The predicted octanol–water partition coefficient (Wildman–Crippen LogP) is 2.29. The van der Waals surface area contributed by atoms with Gasteiger partial charge in [-0.15, -0.1) is 0 Å². The molecule has 1 N–H and O–H groups in total. The van der Waals surface area contributed by atoms with Crippen molar-refractivity contribution in [3.63, 3.8) is 0 Å². The maximum Gasteiger partial charge on any atom is 0.161 e. The smallest absolute Gasteiger partial charge is 0.161 e. The monoisotopic (exact) mass is 258 g/mol. The zero-order valence-electron chi connectivity index (χ0n) is 10.3. The molecule has 1 saturated heterocycles. The van der Waals surface area contributed by atoms with Gasteiger partial charge in [-0.1, -0.05) is 6.92 Å². The van der Waals surface area contributed by atoms with Crippen LogP contribution < -0.4 is 5.32 Å². The highest BCUT2D eigenvalue weighted by Gasteiger charge is 2.25. The molecule has 2 rings (SSSR count). The van der Waals surface area contributed by atoms with E-state index in [9.17, 15) is 13.2 Å². The molecule has 5 heteroatoms. The average Bonchev–Trinajstić information content (AvgIpc) is 2.23. The fourth-order valence-electron chi connectivity index (χ4n) is 2.11. The van der Waals surface area contributed by atoms with Gasteiger partial charge in [0, 0.05) is 37.3 Å². The molecule has 0 radical (unpaired) electrons. The molecule has 0 saturated carbocycles. The number of halogens is 3. The summed E-state index contributed by atoms with van der Waals surface area (Å²) in [5.74, 6) is -2.81. The number of nitrogens with zero attached hydrogens (tertiary/aromatic N) is 1. The van der Waals surface area contributed by atoms with Gasteiger partial charge in [-0.25, -0.2) is 13.2 Å². The molecule has 100 valence electrons. The molecule has 0 spiro atoms. The summed E-state index contributed by atoms with van der Waals surface area (Å²) in [5.41, 5.74) is 0.217. The number of benzene rings is 1. The second-order valence-electron chi connectivity index (χ2n) is 4.64. The Morgan fingerprint density at radius 1 is 1.17 bits per heavy atom. The molecule has 0 amide bonds. The Bertz CT molecular complexity index is 419. The van der Waals surface area contributed by atoms with Crippen LogP contribution >= 0.6 is 0 Å². The van der Waals surface area contributed by atoms with Crippen molar-refractivity contribution in [3.8, 4) is 0 Å². The van der Waals surface area contributed by atoms with Crippen LogP contribution in [-0.2, 0) is 6.54 Å². The molecule has 1 aliphatic rings. The molecule has 0 aliphatic carbocycles. The number of rotatable bonds is 5. The third-order valence-corrected chi connectivity index (χ3v) is 3.25. The van der Waals surface area contributed by atoms with E-state index in [1.807, 2.05) is 6.92 Å². The van der Waals surface area contributed by atoms with Crippen molar-refractivity contribution in [3.05, 3.63) is 35.1 Å². The van der Waals surface area contributed by atoms with Crippen LogP contribution in [0.2, 0.25) is 0 Å². The van der Waals surface area contributed by atoms with E-state index in [2.05, 4.69) is 10.2 Å². The van der Waals surface area contributed by atoms with E-state index < -0.39 is 17.5 Å². The summed E-state index contributed by atoms with van der Waals surface area (Å²) in [7, 11) is 0. The highest BCUT2D eigenvalue weighted by molar-refractivity contribution is 5.20. The van der Waals surface area contributed by atoms with E-state index >= 15 is 0 Å². The lowest BCUT2D eigenvalue weighted by molar-refractivity contribution is 0.136. The Morgan fingerprint density at radius 3 is 2.39 bits per heavy atom. The molecule has 1 fully saturated rings. The van der Waals surface area contributed by atoms with Crippen LogP contribution in [0.4, 0.5) is 13.2 Å². The third-order valence-electron chi connectivity index (χ3n) is 3.25. The minimum atomic E-state index is -1.14.